The molecule has 0 heterocycles. The van der Waals surface area contributed by atoms with Crippen LogP contribution in [0.25, 0.3) is 6.08 Å². The summed E-state index contributed by atoms with van der Waals surface area (Å²) in [7, 11) is 1.32. The standard InChI is InChI=1S/C12H12O4/c1-15-12(14)7-4-10-2-5-11(6-3-10)16-9-8-13/h2-8H,9H2,1H3. The number of ether oxygens (including phenoxy) is 2. The largest absolute Gasteiger partial charge is 0.486 e. The van der Waals surface area contributed by atoms with Crippen molar-refractivity contribution in [3.8, 4) is 5.75 Å². The number of esters is 1. The summed E-state index contributed by atoms with van der Waals surface area (Å²) >= 11 is 0. The van der Waals surface area contributed by atoms with Crippen LogP contribution in [0.15, 0.2) is 30.3 Å². The third kappa shape index (κ3) is 3.96. The monoisotopic (exact) mass is 220 g/mol. The Morgan fingerprint density at radius 2 is 2.00 bits per heavy atom. The van der Waals surface area contributed by atoms with Crippen LogP contribution in [0.2, 0.25) is 0 Å². The lowest BCUT2D eigenvalue weighted by atomic mass is 10.2. The van der Waals surface area contributed by atoms with Gasteiger partial charge in [0.05, 0.1) is 7.11 Å². The fraction of sp³-hybridized carbons (Fsp3) is 0.167. The highest BCUT2D eigenvalue weighted by atomic mass is 16.5. The van der Waals surface area contributed by atoms with Crippen LogP contribution in [0.3, 0.4) is 0 Å². The number of hydrogen-bond donors (Lipinski definition) is 0. The van der Waals surface area contributed by atoms with Gasteiger partial charge in [-0.15, -0.1) is 0 Å². The molecule has 0 atom stereocenters. The molecule has 0 amide bonds. The fourth-order valence-corrected chi connectivity index (χ4v) is 1.04. The third-order valence-electron chi connectivity index (χ3n) is 1.81. The van der Waals surface area contributed by atoms with E-state index in [1.807, 2.05) is 0 Å². The first-order valence-electron chi connectivity index (χ1n) is 4.69. The minimum atomic E-state index is -0.402. The first-order valence-corrected chi connectivity index (χ1v) is 4.69. The van der Waals surface area contributed by atoms with E-state index in [2.05, 4.69) is 4.74 Å². The lowest BCUT2D eigenvalue weighted by molar-refractivity contribution is -0.134. The Morgan fingerprint density at radius 3 is 2.56 bits per heavy atom. The van der Waals surface area contributed by atoms with E-state index < -0.39 is 5.97 Å². The molecule has 0 N–H and O–H groups in total. The van der Waals surface area contributed by atoms with E-state index in [4.69, 9.17) is 4.74 Å². The summed E-state index contributed by atoms with van der Waals surface area (Å²) < 4.78 is 9.53. The number of rotatable bonds is 5. The molecule has 0 aliphatic carbocycles. The predicted octanol–water partition coefficient (Wildman–Crippen LogP) is 1.45. The second-order valence-electron chi connectivity index (χ2n) is 2.90. The molecule has 0 spiro atoms. The summed E-state index contributed by atoms with van der Waals surface area (Å²) in [5, 5.41) is 0. The Morgan fingerprint density at radius 1 is 1.31 bits per heavy atom. The Hall–Kier alpha value is -2.10. The first-order chi connectivity index (χ1) is 7.76. The van der Waals surface area contributed by atoms with E-state index >= 15 is 0 Å². The van der Waals surface area contributed by atoms with Crippen LogP contribution in [-0.4, -0.2) is 26.0 Å². The van der Waals surface area contributed by atoms with E-state index in [0.717, 1.165) is 5.56 Å². The Balaban J connectivity index is 2.60. The third-order valence-corrected chi connectivity index (χ3v) is 1.81. The van der Waals surface area contributed by atoms with Crippen molar-refractivity contribution >= 4 is 18.3 Å². The van der Waals surface area contributed by atoms with Crippen molar-refractivity contribution in [1.82, 2.24) is 0 Å². The van der Waals surface area contributed by atoms with Crippen LogP contribution in [0.4, 0.5) is 0 Å². The normalized spacial score (nSPS) is 10.1. The van der Waals surface area contributed by atoms with Gasteiger partial charge in [-0.25, -0.2) is 4.79 Å². The number of aldehydes is 1. The summed E-state index contributed by atoms with van der Waals surface area (Å²) in [4.78, 5) is 20.9. The van der Waals surface area contributed by atoms with E-state index in [9.17, 15) is 9.59 Å². The smallest absolute Gasteiger partial charge is 0.330 e. The van der Waals surface area contributed by atoms with Crippen LogP contribution in [-0.2, 0) is 14.3 Å². The van der Waals surface area contributed by atoms with Gasteiger partial charge >= 0.3 is 5.97 Å². The molecule has 0 bridgehead atoms. The molecule has 84 valence electrons. The lowest BCUT2D eigenvalue weighted by Crippen LogP contribution is -1.97. The molecule has 0 unspecified atom stereocenters. The zero-order chi connectivity index (χ0) is 11.8. The van der Waals surface area contributed by atoms with Gasteiger partial charge in [0.15, 0.2) is 6.29 Å². The zero-order valence-corrected chi connectivity index (χ0v) is 8.88. The SMILES string of the molecule is COC(=O)C=Cc1ccc(OCC=O)cc1. The molecule has 1 aromatic carbocycles. The predicted molar refractivity (Wildman–Crippen MR) is 59.1 cm³/mol. The highest BCUT2D eigenvalue weighted by Gasteiger charge is 1.94. The molecule has 4 heteroatoms. The van der Waals surface area contributed by atoms with Gasteiger partial charge < -0.3 is 9.47 Å². The van der Waals surface area contributed by atoms with Crippen LogP contribution in [0, 0.1) is 0 Å². The molecule has 0 aromatic heterocycles. The molecule has 0 saturated carbocycles. The molecule has 0 aliphatic rings. The maximum absolute atomic E-state index is 10.8. The molecule has 0 fully saturated rings. The maximum atomic E-state index is 10.8. The van der Waals surface area contributed by atoms with E-state index in [1.165, 1.54) is 13.2 Å². The van der Waals surface area contributed by atoms with Gasteiger partial charge in [0.25, 0.3) is 0 Å². The highest BCUT2D eigenvalue weighted by molar-refractivity contribution is 5.86. The van der Waals surface area contributed by atoms with E-state index in [0.29, 0.717) is 12.0 Å². The van der Waals surface area contributed by atoms with Crippen LogP contribution in [0.1, 0.15) is 5.56 Å². The number of methoxy groups -OCH3 is 1. The average Bonchev–Trinajstić information content (AvgIpc) is 2.34. The fourth-order valence-electron chi connectivity index (χ4n) is 1.04. The van der Waals surface area contributed by atoms with Crippen molar-refractivity contribution in [2.24, 2.45) is 0 Å². The van der Waals surface area contributed by atoms with Gasteiger partial charge in [0, 0.05) is 6.08 Å². The molecular formula is C12H12O4. The molecule has 0 saturated heterocycles. The zero-order valence-electron chi connectivity index (χ0n) is 8.88. The van der Waals surface area contributed by atoms with Gasteiger partial charge in [-0.3, -0.25) is 4.79 Å². The number of carbonyl (C=O) groups excluding carboxylic acids is 2. The second kappa shape index (κ2) is 6.40. The van der Waals surface area contributed by atoms with Gasteiger partial charge in [-0.05, 0) is 23.8 Å². The number of hydrogen-bond acceptors (Lipinski definition) is 4. The van der Waals surface area contributed by atoms with Crippen molar-refractivity contribution in [3.05, 3.63) is 35.9 Å². The van der Waals surface area contributed by atoms with Crippen LogP contribution < -0.4 is 4.74 Å². The molecular weight excluding hydrogens is 208 g/mol. The molecule has 1 rings (SSSR count). The van der Waals surface area contributed by atoms with Crippen LogP contribution >= 0.6 is 0 Å². The van der Waals surface area contributed by atoms with Crippen molar-refractivity contribution < 1.29 is 19.1 Å². The summed E-state index contributed by atoms with van der Waals surface area (Å²) in [6.45, 7) is 0.0390. The minimum absolute atomic E-state index is 0.0390. The molecule has 1 aromatic rings. The van der Waals surface area contributed by atoms with Gasteiger partial charge in [0.2, 0.25) is 0 Å². The van der Waals surface area contributed by atoms with Gasteiger partial charge in [-0.1, -0.05) is 12.1 Å². The van der Waals surface area contributed by atoms with Crippen molar-refractivity contribution in [2.75, 3.05) is 13.7 Å². The summed E-state index contributed by atoms with van der Waals surface area (Å²) in [5.41, 5.74) is 0.851. The Bertz CT molecular complexity index is 379. The van der Waals surface area contributed by atoms with Crippen molar-refractivity contribution in [2.45, 2.75) is 0 Å². The summed E-state index contributed by atoms with van der Waals surface area (Å²) in [5.74, 6) is 0.212. The van der Waals surface area contributed by atoms with E-state index in [-0.39, 0.29) is 6.61 Å². The highest BCUT2D eigenvalue weighted by Crippen LogP contribution is 2.12. The average molecular weight is 220 g/mol. The van der Waals surface area contributed by atoms with Crippen molar-refractivity contribution in [1.29, 1.82) is 0 Å². The topological polar surface area (TPSA) is 52.6 Å². The number of benzene rings is 1. The minimum Gasteiger partial charge on any atom is -0.486 e. The second-order valence-corrected chi connectivity index (χ2v) is 2.90. The van der Waals surface area contributed by atoms with Crippen molar-refractivity contribution in [3.63, 3.8) is 0 Å². The summed E-state index contributed by atoms with van der Waals surface area (Å²) in [6.07, 6.45) is 3.65. The molecule has 4 nitrogen and oxygen atoms in total. The molecule has 16 heavy (non-hydrogen) atoms. The Kier molecular flexibility index (Phi) is 4.79. The van der Waals surface area contributed by atoms with Gasteiger partial charge in [0.1, 0.15) is 12.4 Å². The Labute approximate surface area is 93.5 Å². The van der Waals surface area contributed by atoms with E-state index in [1.54, 1.807) is 30.3 Å². The van der Waals surface area contributed by atoms with Gasteiger partial charge in [-0.2, -0.15) is 0 Å². The maximum Gasteiger partial charge on any atom is 0.330 e. The summed E-state index contributed by atoms with van der Waals surface area (Å²) in [6, 6.07) is 7.00. The lowest BCUT2D eigenvalue weighted by Gasteiger charge is -2.01. The first kappa shape index (κ1) is 12.0. The molecule has 0 aliphatic heterocycles. The number of carbonyl (C=O) groups is 2. The van der Waals surface area contributed by atoms with Crippen LogP contribution in [0.5, 0.6) is 5.75 Å². The quantitative estimate of drug-likeness (QED) is 0.428. The molecule has 0 radical (unpaired) electrons.